The molecule has 0 radical (unpaired) electrons. The minimum absolute atomic E-state index is 0.00424. The molecule has 7 heteroatoms. The summed E-state index contributed by atoms with van der Waals surface area (Å²) in [6.07, 6.45) is 0.546. The maximum Gasteiger partial charge on any atom is 0.332 e. The second kappa shape index (κ2) is 7.13. The normalized spacial score (nSPS) is 18.7. The Bertz CT molecular complexity index is 690. The van der Waals surface area contributed by atoms with E-state index in [0.717, 1.165) is 4.90 Å². The molecular formula is C16H15ClN4O2. The third kappa shape index (κ3) is 3.44. The van der Waals surface area contributed by atoms with Gasteiger partial charge in [0.2, 0.25) is 0 Å². The van der Waals surface area contributed by atoms with Crippen LogP contribution in [0.1, 0.15) is 19.8 Å². The van der Waals surface area contributed by atoms with Crippen LogP contribution >= 0.6 is 11.6 Å². The lowest BCUT2D eigenvalue weighted by Crippen LogP contribution is -2.36. The Morgan fingerprint density at radius 2 is 1.91 bits per heavy atom. The molecule has 0 aromatic heterocycles. The van der Waals surface area contributed by atoms with Crippen LogP contribution in [0.4, 0.5) is 10.5 Å². The summed E-state index contributed by atoms with van der Waals surface area (Å²) < 4.78 is 0. The van der Waals surface area contributed by atoms with E-state index in [2.05, 4.69) is 0 Å². The van der Waals surface area contributed by atoms with Gasteiger partial charge in [0.1, 0.15) is 6.04 Å². The van der Waals surface area contributed by atoms with E-state index in [9.17, 15) is 9.59 Å². The van der Waals surface area contributed by atoms with Gasteiger partial charge >= 0.3 is 6.03 Å². The number of benzene rings is 1. The number of imide groups is 1. The molecule has 2 rings (SSSR count). The highest BCUT2D eigenvalue weighted by Crippen LogP contribution is 2.27. The molecule has 0 bridgehead atoms. The minimum Gasteiger partial charge on any atom is -0.282 e. The van der Waals surface area contributed by atoms with Crippen LogP contribution in [0.15, 0.2) is 24.3 Å². The highest BCUT2D eigenvalue weighted by Gasteiger charge is 2.43. The number of carbonyl (C=O) groups excluding carboxylic acids is 2. The van der Waals surface area contributed by atoms with Gasteiger partial charge in [0.05, 0.1) is 18.1 Å². The molecule has 1 aromatic rings. The van der Waals surface area contributed by atoms with Gasteiger partial charge < -0.3 is 0 Å². The molecule has 3 amide bonds. The first kappa shape index (κ1) is 16.8. The van der Waals surface area contributed by atoms with Crippen LogP contribution in [0, 0.1) is 28.6 Å². The number of nitrogens with zero attached hydrogens (tertiary/aromatic N) is 4. The Morgan fingerprint density at radius 1 is 1.26 bits per heavy atom. The van der Waals surface area contributed by atoms with Gasteiger partial charge in [-0.1, -0.05) is 11.6 Å². The molecule has 0 N–H and O–H groups in total. The lowest BCUT2D eigenvalue weighted by atomic mass is 10.1. The summed E-state index contributed by atoms with van der Waals surface area (Å²) in [5, 5.41) is 18.3. The number of nitriles is 2. The number of halogens is 1. The zero-order valence-corrected chi connectivity index (χ0v) is 13.3. The first-order valence-corrected chi connectivity index (χ1v) is 7.54. The van der Waals surface area contributed by atoms with Gasteiger partial charge in [-0.05, 0) is 37.6 Å². The topological polar surface area (TPSA) is 88.2 Å². The monoisotopic (exact) mass is 330 g/mol. The molecule has 0 aliphatic carbocycles. The van der Waals surface area contributed by atoms with Crippen LogP contribution in [0.25, 0.3) is 0 Å². The summed E-state index contributed by atoms with van der Waals surface area (Å²) in [6.45, 7) is 1.65. The smallest absolute Gasteiger partial charge is 0.282 e. The molecule has 6 nitrogen and oxygen atoms in total. The molecule has 1 aliphatic heterocycles. The van der Waals surface area contributed by atoms with Crippen LogP contribution in [0.5, 0.6) is 0 Å². The van der Waals surface area contributed by atoms with Crippen LogP contribution in [-0.2, 0) is 4.79 Å². The number of rotatable bonds is 5. The van der Waals surface area contributed by atoms with E-state index < -0.39 is 18.0 Å². The average molecular weight is 331 g/mol. The number of amides is 3. The minimum atomic E-state index is -0.640. The van der Waals surface area contributed by atoms with E-state index in [0.29, 0.717) is 17.1 Å². The summed E-state index contributed by atoms with van der Waals surface area (Å²) >= 11 is 5.84. The Hall–Kier alpha value is -2.57. The molecule has 2 atom stereocenters. The predicted octanol–water partition coefficient (Wildman–Crippen LogP) is 2.94. The summed E-state index contributed by atoms with van der Waals surface area (Å²) in [7, 11) is 0. The molecule has 1 heterocycles. The Morgan fingerprint density at radius 3 is 2.48 bits per heavy atom. The maximum atomic E-state index is 12.6. The molecule has 1 aliphatic rings. The number of hydrogen-bond acceptors (Lipinski definition) is 4. The second-order valence-electron chi connectivity index (χ2n) is 5.28. The van der Waals surface area contributed by atoms with Gasteiger partial charge in [-0.15, -0.1) is 0 Å². The Labute approximate surface area is 139 Å². The van der Waals surface area contributed by atoms with E-state index in [1.165, 1.54) is 4.90 Å². The first-order chi connectivity index (χ1) is 11.0. The molecule has 0 spiro atoms. The molecule has 0 saturated carbocycles. The highest BCUT2D eigenvalue weighted by atomic mass is 35.5. The third-order valence-corrected chi connectivity index (χ3v) is 3.99. The van der Waals surface area contributed by atoms with Crippen molar-refractivity contribution in [2.24, 2.45) is 5.92 Å². The number of hydrogen-bond donors (Lipinski definition) is 0. The third-order valence-electron chi connectivity index (χ3n) is 3.74. The molecule has 1 fully saturated rings. The zero-order valence-electron chi connectivity index (χ0n) is 12.6. The van der Waals surface area contributed by atoms with Gasteiger partial charge in [0.25, 0.3) is 5.91 Å². The number of urea groups is 1. The van der Waals surface area contributed by atoms with Crippen molar-refractivity contribution in [1.82, 2.24) is 4.90 Å². The quantitative estimate of drug-likeness (QED) is 0.776. The lowest BCUT2D eigenvalue weighted by molar-refractivity contribution is -0.127. The molecule has 118 valence electrons. The maximum absolute atomic E-state index is 12.6. The summed E-state index contributed by atoms with van der Waals surface area (Å²) in [5.41, 5.74) is 0.577. The van der Waals surface area contributed by atoms with Gasteiger partial charge in [-0.25, -0.2) is 4.79 Å². The van der Waals surface area contributed by atoms with Crippen molar-refractivity contribution in [2.75, 3.05) is 11.4 Å². The highest BCUT2D eigenvalue weighted by molar-refractivity contribution is 6.30. The molecule has 23 heavy (non-hydrogen) atoms. The first-order valence-electron chi connectivity index (χ1n) is 7.16. The average Bonchev–Trinajstić information content (AvgIpc) is 2.75. The predicted molar refractivity (Wildman–Crippen MR) is 84.5 cm³/mol. The molecular weight excluding hydrogens is 316 g/mol. The van der Waals surface area contributed by atoms with Crippen molar-refractivity contribution in [3.8, 4) is 12.1 Å². The fourth-order valence-corrected chi connectivity index (χ4v) is 2.61. The van der Waals surface area contributed by atoms with Crippen LogP contribution in [-0.4, -0.2) is 29.4 Å². The van der Waals surface area contributed by atoms with Crippen LogP contribution in [0.2, 0.25) is 5.02 Å². The number of carbonyl (C=O) groups is 2. The van der Waals surface area contributed by atoms with E-state index in [-0.39, 0.29) is 18.9 Å². The van der Waals surface area contributed by atoms with E-state index in [1.54, 1.807) is 31.2 Å². The van der Waals surface area contributed by atoms with Crippen molar-refractivity contribution in [3.05, 3.63) is 29.3 Å². The Kier molecular flexibility index (Phi) is 5.20. The zero-order chi connectivity index (χ0) is 17.0. The summed E-state index contributed by atoms with van der Waals surface area (Å²) in [5.74, 6) is -0.887. The number of anilines is 1. The van der Waals surface area contributed by atoms with Crippen molar-refractivity contribution in [3.63, 3.8) is 0 Å². The van der Waals surface area contributed by atoms with Crippen LogP contribution in [0.3, 0.4) is 0 Å². The second-order valence-corrected chi connectivity index (χ2v) is 5.71. The van der Waals surface area contributed by atoms with E-state index in [1.807, 2.05) is 12.1 Å². The van der Waals surface area contributed by atoms with Crippen LogP contribution < -0.4 is 4.90 Å². The lowest BCUT2D eigenvalue weighted by Gasteiger charge is -2.20. The van der Waals surface area contributed by atoms with Crippen molar-refractivity contribution < 1.29 is 9.59 Å². The van der Waals surface area contributed by atoms with E-state index >= 15 is 0 Å². The molecule has 1 saturated heterocycles. The van der Waals surface area contributed by atoms with Gasteiger partial charge in [-0.2, -0.15) is 10.5 Å². The Balaban J connectivity index is 2.19. The van der Waals surface area contributed by atoms with Gasteiger partial charge in [-0.3, -0.25) is 14.6 Å². The fraction of sp³-hybridized carbons (Fsp3) is 0.375. The van der Waals surface area contributed by atoms with Crippen molar-refractivity contribution in [2.45, 2.75) is 25.8 Å². The standard InChI is InChI=1S/C16H15ClN4O2/c1-11-15(22)20(10-12(9-19)3-2-8-18)16(23)21(11)14-6-4-13(17)5-7-14/h4-7,11-12H,2-3,10H2,1H3/t11-,12-/m1/s1. The van der Waals surface area contributed by atoms with Gasteiger partial charge in [0, 0.05) is 23.7 Å². The van der Waals surface area contributed by atoms with Crippen molar-refractivity contribution >= 4 is 29.2 Å². The van der Waals surface area contributed by atoms with Crippen molar-refractivity contribution in [1.29, 1.82) is 10.5 Å². The summed E-state index contributed by atoms with van der Waals surface area (Å²) in [4.78, 5) is 27.4. The molecule has 1 aromatic carbocycles. The summed E-state index contributed by atoms with van der Waals surface area (Å²) in [6, 6.07) is 9.56. The van der Waals surface area contributed by atoms with Gasteiger partial charge in [0.15, 0.2) is 0 Å². The fourth-order valence-electron chi connectivity index (χ4n) is 2.49. The molecule has 0 unspecified atom stereocenters. The SMILES string of the molecule is C[C@@H]1C(=O)N(C[C@@H](C#N)CCC#N)C(=O)N1c1ccc(Cl)cc1. The largest absolute Gasteiger partial charge is 0.332 e. The van der Waals surface area contributed by atoms with E-state index in [4.69, 9.17) is 22.1 Å².